The Morgan fingerprint density at radius 2 is 1.47 bits per heavy atom. The van der Waals surface area contributed by atoms with Gasteiger partial charge in [0, 0.05) is 6.42 Å². The van der Waals surface area contributed by atoms with E-state index in [1.807, 2.05) is 6.08 Å². The third-order valence-corrected chi connectivity index (χ3v) is 2.84. The summed E-state index contributed by atoms with van der Waals surface area (Å²) in [6.45, 7) is 4.75. The number of unbranched alkanes of at least 4 members (excludes halogenated alkanes) is 5. The van der Waals surface area contributed by atoms with E-state index in [9.17, 15) is 4.79 Å². The molecular weight excluding hydrogens is 236 g/mol. The van der Waals surface area contributed by atoms with Gasteiger partial charge in [0.1, 0.15) is 6.61 Å². The molecule has 0 atom stereocenters. The lowest BCUT2D eigenvalue weighted by Gasteiger charge is -2.01. The molecule has 0 aromatic rings. The van der Waals surface area contributed by atoms with Gasteiger partial charge < -0.3 is 4.74 Å². The van der Waals surface area contributed by atoms with Crippen molar-refractivity contribution in [3.8, 4) is 0 Å². The molecule has 0 fully saturated rings. The van der Waals surface area contributed by atoms with Crippen molar-refractivity contribution in [1.82, 2.24) is 0 Å². The molecular formula is C17H30O2. The van der Waals surface area contributed by atoms with Crippen molar-refractivity contribution in [2.24, 2.45) is 0 Å². The van der Waals surface area contributed by atoms with Crippen LogP contribution in [0, 0.1) is 0 Å². The average Bonchev–Trinajstić information content (AvgIpc) is 2.41. The van der Waals surface area contributed by atoms with Crippen LogP contribution in [0.1, 0.15) is 71.6 Å². The van der Waals surface area contributed by atoms with Crippen LogP contribution in [0.15, 0.2) is 24.3 Å². The Morgan fingerprint density at radius 3 is 2.16 bits per heavy atom. The number of hydrogen-bond donors (Lipinski definition) is 0. The number of esters is 1. The molecule has 0 unspecified atom stereocenters. The molecule has 0 amide bonds. The summed E-state index contributed by atoms with van der Waals surface area (Å²) in [5, 5.41) is 0. The first kappa shape index (κ1) is 17.9. The zero-order valence-corrected chi connectivity index (χ0v) is 12.7. The van der Waals surface area contributed by atoms with Crippen LogP contribution >= 0.6 is 0 Å². The van der Waals surface area contributed by atoms with Crippen molar-refractivity contribution in [2.45, 2.75) is 71.6 Å². The maximum atomic E-state index is 11.4. The highest BCUT2D eigenvalue weighted by Crippen LogP contribution is 2.05. The van der Waals surface area contributed by atoms with E-state index in [4.69, 9.17) is 4.74 Å². The maximum absolute atomic E-state index is 11.4. The minimum Gasteiger partial charge on any atom is -0.461 e. The monoisotopic (exact) mass is 266 g/mol. The number of ether oxygens (including phenoxy) is 1. The first-order valence-electron chi connectivity index (χ1n) is 7.76. The molecule has 0 saturated heterocycles. The Labute approximate surface area is 118 Å². The van der Waals surface area contributed by atoms with E-state index in [0.29, 0.717) is 13.0 Å². The van der Waals surface area contributed by atoms with Gasteiger partial charge in [0.2, 0.25) is 0 Å². The Kier molecular flexibility index (Phi) is 14.2. The van der Waals surface area contributed by atoms with Crippen molar-refractivity contribution in [2.75, 3.05) is 6.61 Å². The molecule has 0 spiro atoms. The first-order chi connectivity index (χ1) is 9.31. The molecule has 0 aliphatic rings. The van der Waals surface area contributed by atoms with Crippen LogP contribution < -0.4 is 0 Å². The Bertz CT molecular complexity index is 254. The minimum absolute atomic E-state index is 0.0670. The lowest BCUT2D eigenvalue weighted by molar-refractivity contribution is -0.142. The van der Waals surface area contributed by atoms with Crippen molar-refractivity contribution < 1.29 is 9.53 Å². The summed E-state index contributed by atoms with van der Waals surface area (Å²) in [6.07, 6.45) is 18.0. The Hall–Kier alpha value is -1.05. The smallest absolute Gasteiger partial charge is 0.306 e. The number of rotatable bonds is 12. The predicted molar refractivity (Wildman–Crippen MR) is 82.1 cm³/mol. The zero-order chi connectivity index (χ0) is 14.2. The molecule has 0 aliphatic carbocycles. The van der Waals surface area contributed by atoms with E-state index < -0.39 is 0 Å². The van der Waals surface area contributed by atoms with Gasteiger partial charge in [-0.15, -0.1) is 0 Å². The van der Waals surface area contributed by atoms with Gasteiger partial charge >= 0.3 is 5.97 Å². The van der Waals surface area contributed by atoms with Gasteiger partial charge in [-0.25, -0.2) is 0 Å². The average molecular weight is 266 g/mol. The fraction of sp³-hybridized carbons (Fsp3) is 0.706. The van der Waals surface area contributed by atoms with Crippen molar-refractivity contribution in [1.29, 1.82) is 0 Å². The van der Waals surface area contributed by atoms with Gasteiger partial charge in [0.05, 0.1) is 0 Å². The Balaban J connectivity index is 3.29. The molecule has 0 aromatic heterocycles. The first-order valence-corrected chi connectivity index (χ1v) is 7.76. The van der Waals surface area contributed by atoms with E-state index in [1.54, 1.807) is 0 Å². The van der Waals surface area contributed by atoms with Gasteiger partial charge in [-0.2, -0.15) is 0 Å². The standard InChI is InChI=1S/C17H30O2/c1-3-5-7-9-10-11-12-13-15-17(18)19-16-14-8-6-4-2/h7-9,14H,3-6,10-13,15-16H2,1-2H3/b9-7+,14-8+. The Morgan fingerprint density at radius 1 is 0.842 bits per heavy atom. The molecule has 0 N–H and O–H groups in total. The summed E-state index contributed by atoms with van der Waals surface area (Å²) >= 11 is 0. The molecule has 0 aromatic carbocycles. The van der Waals surface area contributed by atoms with Gasteiger partial charge in [0.15, 0.2) is 0 Å². The van der Waals surface area contributed by atoms with Crippen LogP contribution in [0.25, 0.3) is 0 Å². The summed E-state index contributed by atoms with van der Waals surface area (Å²) < 4.78 is 5.11. The molecule has 2 heteroatoms. The van der Waals surface area contributed by atoms with Crippen molar-refractivity contribution in [3.05, 3.63) is 24.3 Å². The highest BCUT2D eigenvalue weighted by molar-refractivity contribution is 5.69. The normalized spacial score (nSPS) is 11.5. The van der Waals surface area contributed by atoms with Crippen LogP contribution in [0.3, 0.4) is 0 Å². The molecule has 0 heterocycles. The fourth-order valence-corrected chi connectivity index (χ4v) is 1.68. The second-order valence-electron chi connectivity index (χ2n) is 4.80. The van der Waals surface area contributed by atoms with Crippen molar-refractivity contribution in [3.63, 3.8) is 0 Å². The lowest BCUT2D eigenvalue weighted by Crippen LogP contribution is -2.03. The van der Waals surface area contributed by atoms with E-state index >= 15 is 0 Å². The van der Waals surface area contributed by atoms with Gasteiger partial charge in [-0.3, -0.25) is 4.79 Å². The maximum Gasteiger partial charge on any atom is 0.306 e. The van der Waals surface area contributed by atoms with Gasteiger partial charge in [-0.1, -0.05) is 57.4 Å². The topological polar surface area (TPSA) is 26.3 Å². The molecule has 0 radical (unpaired) electrons. The third kappa shape index (κ3) is 14.9. The second-order valence-corrected chi connectivity index (χ2v) is 4.80. The predicted octanol–water partition coefficient (Wildman–Crippen LogP) is 5.19. The van der Waals surface area contributed by atoms with Crippen LogP contribution in [0.5, 0.6) is 0 Å². The fourth-order valence-electron chi connectivity index (χ4n) is 1.68. The molecule has 0 aliphatic heterocycles. The van der Waals surface area contributed by atoms with E-state index in [-0.39, 0.29) is 5.97 Å². The highest BCUT2D eigenvalue weighted by Gasteiger charge is 2.00. The second kappa shape index (κ2) is 15.0. The number of carbonyl (C=O) groups is 1. The van der Waals surface area contributed by atoms with Gasteiger partial charge in [-0.05, 0) is 32.1 Å². The highest BCUT2D eigenvalue weighted by atomic mass is 16.5. The lowest BCUT2D eigenvalue weighted by atomic mass is 10.1. The van der Waals surface area contributed by atoms with E-state index in [0.717, 1.165) is 32.1 Å². The van der Waals surface area contributed by atoms with E-state index in [2.05, 4.69) is 32.1 Å². The third-order valence-electron chi connectivity index (χ3n) is 2.84. The molecule has 0 rings (SSSR count). The van der Waals surface area contributed by atoms with Gasteiger partial charge in [0.25, 0.3) is 0 Å². The summed E-state index contributed by atoms with van der Waals surface area (Å²) in [6, 6.07) is 0. The number of allylic oxidation sites excluding steroid dienone is 3. The molecule has 19 heavy (non-hydrogen) atoms. The minimum atomic E-state index is -0.0670. The van der Waals surface area contributed by atoms with Crippen LogP contribution in [0.2, 0.25) is 0 Å². The molecule has 2 nitrogen and oxygen atoms in total. The SMILES string of the molecule is CCC/C=C/CCCCCC(=O)OC/C=C/CCC. The van der Waals surface area contributed by atoms with Crippen LogP contribution in [-0.4, -0.2) is 12.6 Å². The molecule has 110 valence electrons. The van der Waals surface area contributed by atoms with Crippen LogP contribution in [0.4, 0.5) is 0 Å². The zero-order valence-electron chi connectivity index (χ0n) is 12.7. The summed E-state index contributed by atoms with van der Waals surface area (Å²) in [5.74, 6) is -0.0670. The quantitative estimate of drug-likeness (QED) is 0.276. The summed E-state index contributed by atoms with van der Waals surface area (Å²) in [5.41, 5.74) is 0. The molecule has 0 bridgehead atoms. The van der Waals surface area contributed by atoms with Crippen molar-refractivity contribution >= 4 is 5.97 Å². The number of hydrogen-bond acceptors (Lipinski definition) is 2. The summed E-state index contributed by atoms with van der Waals surface area (Å²) in [7, 11) is 0. The molecule has 0 saturated carbocycles. The largest absolute Gasteiger partial charge is 0.461 e. The number of carbonyl (C=O) groups excluding carboxylic acids is 1. The summed E-state index contributed by atoms with van der Waals surface area (Å²) in [4.78, 5) is 11.4. The van der Waals surface area contributed by atoms with E-state index in [1.165, 1.54) is 19.3 Å². The van der Waals surface area contributed by atoms with Crippen LogP contribution in [-0.2, 0) is 9.53 Å².